The van der Waals surface area contributed by atoms with Crippen LogP contribution in [0.5, 0.6) is 0 Å². The molecule has 0 saturated carbocycles. The van der Waals surface area contributed by atoms with E-state index in [1.54, 1.807) is 11.1 Å². The lowest BCUT2D eigenvalue weighted by Crippen LogP contribution is -2.34. The molecule has 4 nitrogen and oxygen atoms in total. The molecule has 1 aromatic rings. The van der Waals surface area contributed by atoms with Crippen LogP contribution in [-0.2, 0) is 17.8 Å². The van der Waals surface area contributed by atoms with Gasteiger partial charge >= 0.3 is 0 Å². The molecule has 4 heteroatoms. The van der Waals surface area contributed by atoms with Crippen molar-refractivity contribution in [2.75, 3.05) is 6.54 Å². The molecule has 1 aliphatic heterocycles. The molecule has 0 aromatic carbocycles. The molecule has 0 atom stereocenters. The van der Waals surface area contributed by atoms with E-state index < -0.39 is 0 Å². The summed E-state index contributed by atoms with van der Waals surface area (Å²) in [5.74, 6) is -0.00755. The minimum absolute atomic E-state index is 0.00755. The summed E-state index contributed by atoms with van der Waals surface area (Å²) in [6.07, 6.45) is 3.98. The Bertz CT molecular complexity index is 342. The second-order valence-electron chi connectivity index (χ2n) is 3.09. The molecule has 1 amide bonds. The van der Waals surface area contributed by atoms with Gasteiger partial charge in [0.1, 0.15) is 0 Å². The molecule has 2 heterocycles. The minimum Gasteiger partial charge on any atom is -0.334 e. The van der Waals surface area contributed by atoms with E-state index in [1.165, 1.54) is 6.08 Å². The van der Waals surface area contributed by atoms with Crippen LogP contribution in [0.15, 0.2) is 18.9 Å². The summed E-state index contributed by atoms with van der Waals surface area (Å²) in [5, 5.41) is 6.86. The Hall–Kier alpha value is -1.58. The van der Waals surface area contributed by atoms with Crippen LogP contribution in [0.2, 0.25) is 0 Å². The fraction of sp³-hybridized carbons (Fsp3) is 0.333. The Morgan fingerprint density at radius 3 is 3.38 bits per heavy atom. The molecule has 2 rings (SSSR count). The standard InChI is InChI=1S/C9H11N3O/c1-2-9(13)12-4-3-8-7(6-12)5-10-11-8/h2,5H,1,3-4,6H2,(H,10,11). The summed E-state index contributed by atoms with van der Waals surface area (Å²) in [7, 11) is 0. The van der Waals surface area contributed by atoms with E-state index in [9.17, 15) is 4.79 Å². The van der Waals surface area contributed by atoms with Crippen molar-refractivity contribution < 1.29 is 4.79 Å². The van der Waals surface area contributed by atoms with Crippen LogP contribution in [0.3, 0.4) is 0 Å². The number of carbonyl (C=O) groups excluding carboxylic acids is 1. The van der Waals surface area contributed by atoms with Gasteiger partial charge in [-0.3, -0.25) is 9.89 Å². The summed E-state index contributed by atoms with van der Waals surface area (Å²) < 4.78 is 0. The Morgan fingerprint density at radius 1 is 1.77 bits per heavy atom. The molecule has 0 unspecified atom stereocenters. The highest BCUT2D eigenvalue weighted by atomic mass is 16.2. The van der Waals surface area contributed by atoms with E-state index in [0.717, 1.165) is 24.2 Å². The van der Waals surface area contributed by atoms with Gasteiger partial charge in [-0.1, -0.05) is 6.58 Å². The van der Waals surface area contributed by atoms with Gasteiger partial charge in [-0.2, -0.15) is 5.10 Å². The zero-order chi connectivity index (χ0) is 9.26. The van der Waals surface area contributed by atoms with Crippen LogP contribution >= 0.6 is 0 Å². The average molecular weight is 177 g/mol. The van der Waals surface area contributed by atoms with Crippen LogP contribution < -0.4 is 0 Å². The minimum atomic E-state index is -0.00755. The lowest BCUT2D eigenvalue weighted by atomic mass is 10.1. The highest BCUT2D eigenvalue weighted by molar-refractivity contribution is 5.87. The summed E-state index contributed by atoms with van der Waals surface area (Å²) in [4.78, 5) is 13.0. The van der Waals surface area contributed by atoms with Gasteiger partial charge in [0, 0.05) is 30.8 Å². The number of aromatic nitrogens is 2. The van der Waals surface area contributed by atoms with E-state index >= 15 is 0 Å². The van der Waals surface area contributed by atoms with Gasteiger partial charge in [0.15, 0.2) is 0 Å². The number of aromatic amines is 1. The van der Waals surface area contributed by atoms with Crippen LogP contribution in [0, 0.1) is 0 Å². The first-order valence-corrected chi connectivity index (χ1v) is 4.23. The fourth-order valence-electron chi connectivity index (χ4n) is 1.54. The zero-order valence-corrected chi connectivity index (χ0v) is 7.29. The van der Waals surface area contributed by atoms with Gasteiger partial charge in [0.2, 0.25) is 5.91 Å². The predicted octanol–water partition coefficient (Wildman–Crippen LogP) is 0.480. The number of nitrogens with zero attached hydrogens (tertiary/aromatic N) is 2. The van der Waals surface area contributed by atoms with E-state index in [2.05, 4.69) is 16.8 Å². The maximum atomic E-state index is 11.3. The number of fused-ring (bicyclic) bond motifs is 1. The van der Waals surface area contributed by atoms with Crippen molar-refractivity contribution in [3.8, 4) is 0 Å². The lowest BCUT2D eigenvalue weighted by molar-refractivity contribution is -0.126. The van der Waals surface area contributed by atoms with Crippen LogP contribution in [0.1, 0.15) is 11.3 Å². The maximum Gasteiger partial charge on any atom is 0.246 e. The topological polar surface area (TPSA) is 49.0 Å². The summed E-state index contributed by atoms with van der Waals surface area (Å²) >= 11 is 0. The van der Waals surface area contributed by atoms with Crippen LogP contribution in [0.25, 0.3) is 0 Å². The van der Waals surface area contributed by atoms with Gasteiger partial charge in [-0.15, -0.1) is 0 Å². The normalized spacial score (nSPS) is 15.2. The van der Waals surface area contributed by atoms with E-state index in [1.807, 2.05) is 0 Å². The summed E-state index contributed by atoms with van der Waals surface area (Å²) in [6, 6.07) is 0. The number of hydrogen-bond donors (Lipinski definition) is 1. The van der Waals surface area contributed by atoms with Crippen molar-refractivity contribution in [2.24, 2.45) is 0 Å². The van der Waals surface area contributed by atoms with Crippen molar-refractivity contribution in [2.45, 2.75) is 13.0 Å². The van der Waals surface area contributed by atoms with Crippen molar-refractivity contribution in [1.29, 1.82) is 0 Å². The highest BCUT2D eigenvalue weighted by Crippen LogP contribution is 2.15. The highest BCUT2D eigenvalue weighted by Gasteiger charge is 2.19. The number of nitrogens with one attached hydrogen (secondary N) is 1. The number of hydrogen-bond acceptors (Lipinski definition) is 2. The number of amides is 1. The first kappa shape index (κ1) is 8.04. The maximum absolute atomic E-state index is 11.3. The molecule has 0 fully saturated rings. The molecule has 0 saturated heterocycles. The van der Waals surface area contributed by atoms with Gasteiger partial charge in [0.05, 0.1) is 6.20 Å². The van der Waals surface area contributed by atoms with Gasteiger partial charge < -0.3 is 4.90 Å². The second kappa shape index (κ2) is 3.05. The summed E-state index contributed by atoms with van der Waals surface area (Å²) in [5.41, 5.74) is 2.26. The molecule has 1 aliphatic rings. The Balaban J connectivity index is 2.17. The van der Waals surface area contributed by atoms with Gasteiger partial charge in [-0.05, 0) is 6.08 Å². The molecule has 0 radical (unpaired) electrons. The molecule has 68 valence electrons. The SMILES string of the molecule is C=CC(=O)N1CCc2[nH]ncc2C1. The van der Waals surface area contributed by atoms with Crippen molar-refractivity contribution in [1.82, 2.24) is 15.1 Å². The number of H-pyrrole nitrogens is 1. The van der Waals surface area contributed by atoms with Crippen molar-refractivity contribution in [3.05, 3.63) is 30.1 Å². The number of carbonyl (C=O) groups is 1. The third-order valence-electron chi connectivity index (χ3n) is 2.29. The average Bonchev–Trinajstić information content (AvgIpc) is 2.63. The first-order valence-electron chi connectivity index (χ1n) is 4.23. The molecule has 0 aliphatic carbocycles. The molecule has 1 aromatic heterocycles. The fourth-order valence-corrected chi connectivity index (χ4v) is 1.54. The monoisotopic (exact) mass is 177 g/mol. The Morgan fingerprint density at radius 2 is 2.62 bits per heavy atom. The van der Waals surface area contributed by atoms with E-state index in [0.29, 0.717) is 6.54 Å². The van der Waals surface area contributed by atoms with Gasteiger partial charge in [0.25, 0.3) is 0 Å². The molecular formula is C9H11N3O. The first-order chi connectivity index (χ1) is 6.31. The van der Waals surface area contributed by atoms with Gasteiger partial charge in [-0.25, -0.2) is 0 Å². The number of rotatable bonds is 1. The zero-order valence-electron chi connectivity index (χ0n) is 7.29. The molecule has 0 spiro atoms. The van der Waals surface area contributed by atoms with Crippen LogP contribution in [0.4, 0.5) is 0 Å². The Kier molecular flexibility index (Phi) is 1.88. The van der Waals surface area contributed by atoms with Crippen molar-refractivity contribution in [3.63, 3.8) is 0 Å². The van der Waals surface area contributed by atoms with E-state index in [4.69, 9.17) is 0 Å². The third kappa shape index (κ3) is 1.35. The van der Waals surface area contributed by atoms with Crippen molar-refractivity contribution >= 4 is 5.91 Å². The molecular weight excluding hydrogens is 166 g/mol. The summed E-state index contributed by atoms with van der Waals surface area (Å²) in [6.45, 7) is 4.86. The second-order valence-corrected chi connectivity index (χ2v) is 3.09. The lowest BCUT2D eigenvalue weighted by Gasteiger charge is -2.25. The largest absolute Gasteiger partial charge is 0.334 e. The molecule has 13 heavy (non-hydrogen) atoms. The predicted molar refractivity (Wildman–Crippen MR) is 47.9 cm³/mol. The smallest absolute Gasteiger partial charge is 0.246 e. The van der Waals surface area contributed by atoms with Crippen LogP contribution in [-0.4, -0.2) is 27.5 Å². The third-order valence-corrected chi connectivity index (χ3v) is 2.29. The molecule has 1 N–H and O–H groups in total. The van der Waals surface area contributed by atoms with E-state index in [-0.39, 0.29) is 5.91 Å². The molecule has 0 bridgehead atoms. The Labute approximate surface area is 76.2 Å². The quantitative estimate of drug-likeness (QED) is 0.634.